The van der Waals surface area contributed by atoms with Crippen molar-refractivity contribution in [2.45, 2.75) is 45.1 Å². The number of carbonyl (C=O) groups is 1. The van der Waals surface area contributed by atoms with E-state index < -0.39 is 0 Å². The number of methoxy groups -OCH3 is 1. The molecular formula is C16H23NO3. The summed E-state index contributed by atoms with van der Waals surface area (Å²) in [6, 6.07) is 4.97. The largest absolute Gasteiger partial charge is 0.497 e. The van der Waals surface area contributed by atoms with Gasteiger partial charge in [-0.15, -0.1) is 0 Å². The standard InChI is InChI=1S/C16H23NO3/c1-3-11-4-6-14(7-5-11)20-16(18)12-8-13(17)10-15(9-12)19-2/h8-11,14H,3-7,17H2,1-2H3. The Labute approximate surface area is 120 Å². The molecule has 1 aliphatic carbocycles. The number of hydrogen-bond acceptors (Lipinski definition) is 4. The Morgan fingerprint density at radius 2 is 1.95 bits per heavy atom. The lowest BCUT2D eigenvalue weighted by atomic mass is 9.86. The van der Waals surface area contributed by atoms with E-state index in [2.05, 4.69) is 6.92 Å². The second kappa shape index (κ2) is 6.64. The van der Waals surface area contributed by atoms with Crippen LogP contribution in [0.25, 0.3) is 0 Å². The molecule has 1 aromatic carbocycles. The number of esters is 1. The molecule has 2 rings (SSSR count). The van der Waals surface area contributed by atoms with E-state index in [1.807, 2.05) is 0 Å². The lowest BCUT2D eigenvalue weighted by Gasteiger charge is -2.27. The molecule has 0 radical (unpaired) electrons. The maximum Gasteiger partial charge on any atom is 0.338 e. The Morgan fingerprint density at radius 1 is 1.25 bits per heavy atom. The van der Waals surface area contributed by atoms with E-state index in [4.69, 9.17) is 15.2 Å². The molecule has 0 heterocycles. The third-order valence-electron chi connectivity index (χ3n) is 4.05. The molecule has 0 atom stereocenters. The maximum atomic E-state index is 12.2. The van der Waals surface area contributed by atoms with Gasteiger partial charge in [-0.2, -0.15) is 0 Å². The summed E-state index contributed by atoms with van der Waals surface area (Å²) in [6.07, 6.45) is 5.47. The van der Waals surface area contributed by atoms with Crippen molar-refractivity contribution in [3.63, 3.8) is 0 Å². The average Bonchev–Trinajstić information content (AvgIpc) is 2.47. The Hall–Kier alpha value is -1.71. The highest BCUT2D eigenvalue weighted by atomic mass is 16.5. The van der Waals surface area contributed by atoms with Crippen molar-refractivity contribution in [3.8, 4) is 5.75 Å². The van der Waals surface area contributed by atoms with E-state index in [-0.39, 0.29) is 12.1 Å². The van der Waals surface area contributed by atoms with Crippen molar-refractivity contribution in [1.29, 1.82) is 0 Å². The molecule has 0 saturated heterocycles. The molecule has 1 aliphatic rings. The van der Waals surface area contributed by atoms with Gasteiger partial charge >= 0.3 is 5.97 Å². The van der Waals surface area contributed by atoms with Crippen LogP contribution in [0.4, 0.5) is 5.69 Å². The van der Waals surface area contributed by atoms with Crippen LogP contribution in [0.2, 0.25) is 0 Å². The van der Waals surface area contributed by atoms with E-state index in [0.717, 1.165) is 31.6 Å². The van der Waals surface area contributed by atoms with Crippen molar-refractivity contribution >= 4 is 11.7 Å². The molecule has 1 aromatic rings. The molecule has 2 N–H and O–H groups in total. The van der Waals surface area contributed by atoms with Gasteiger partial charge < -0.3 is 15.2 Å². The van der Waals surface area contributed by atoms with Gasteiger partial charge in [-0.3, -0.25) is 0 Å². The second-order valence-corrected chi connectivity index (χ2v) is 5.45. The summed E-state index contributed by atoms with van der Waals surface area (Å²) in [6.45, 7) is 2.22. The minimum absolute atomic E-state index is 0.0396. The number of carbonyl (C=O) groups excluding carboxylic acids is 1. The summed E-state index contributed by atoms with van der Waals surface area (Å²) in [5.74, 6) is 1.06. The number of anilines is 1. The minimum atomic E-state index is -0.310. The van der Waals surface area contributed by atoms with E-state index in [9.17, 15) is 4.79 Å². The molecule has 110 valence electrons. The van der Waals surface area contributed by atoms with Gasteiger partial charge in [0.1, 0.15) is 11.9 Å². The predicted molar refractivity (Wildman–Crippen MR) is 78.9 cm³/mol. The fourth-order valence-electron chi connectivity index (χ4n) is 2.74. The van der Waals surface area contributed by atoms with Crippen LogP contribution in [0.15, 0.2) is 18.2 Å². The Bertz CT molecular complexity index is 465. The SMILES string of the molecule is CCC1CCC(OC(=O)c2cc(N)cc(OC)c2)CC1. The fraction of sp³-hybridized carbons (Fsp3) is 0.562. The van der Waals surface area contributed by atoms with Gasteiger partial charge in [0, 0.05) is 11.8 Å². The highest BCUT2D eigenvalue weighted by Gasteiger charge is 2.23. The molecule has 0 bridgehead atoms. The van der Waals surface area contributed by atoms with Crippen LogP contribution in [0.1, 0.15) is 49.4 Å². The summed E-state index contributed by atoms with van der Waals surface area (Å²) in [5.41, 5.74) is 6.72. The number of nitrogens with two attached hydrogens (primary N) is 1. The predicted octanol–water partition coefficient (Wildman–Crippen LogP) is 3.40. The van der Waals surface area contributed by atoms with Gasteiger partial charge in [0.05, 0.1) is 12.7 Å². The molecule has 20 heavy (non-hydrogen) atoms. The molecule has 0 spiro atoms. The third kappa shape index (κ3) is 3.65. The van der Waals surface area contributed by atoms with Gasteiger partial charge in [0.2, 0.25) is 0 Å². The van der Waals surface area contributed by atoms with Crippen LogP contribution in [0.5, 0.6) is 5.75 Å². The smallest absolute Gasteiger partial charge is 0.338 e. The maximum absolute atomic E-state index is 12.2. The molecule has 0 amide bonds. The number of nitrogen functional groups attached to an aromatic ring is 1. The molecule has 1 fully saturated rings. The number of hydrogen-bond donors (Lipinski definition) is 1. The zero-order valence-corrected chi connectivity index (χ0v) is 12.2. The monoisotopic (exact) mass is 277 g/mol. The van der Waals surface area contributed by atoms with Crippen LogP contribution in [-0.2, 0) is 4.74 Å². The fourth-order valence-corrected chi connectivity index (χ4v) is 2.74. The average molecular weight is 277 g/mol. The zero-order valence-electron chi connectivity index (χ0n) is 12.2. The summed E-state index contributed by atoms with van der Waals surface area (Å²) < 4.78 is 10.7. The quantitative estimate of drug-likeness (QED) is 0.676. The van der Waals surface area contributed by atoms with Crippen molar-refractivity contribution in [1.82, 2.24) is 0 Å². The first-order valence-corrected chi connectivity index (χ1v) is 7.28. The van der Waals surface area contributed by atoms with E-state index in [1.54, 1.807) is 25.3 Å². The lowest BCUT2D eigenvalue weighted by molar-refractivity contribution is 0.0164. The molecule has 4 heteroatoms. The zero-order chi connectivity index (χ0) is 14.5. The molecule has 0 aliphatic heterocycles. The van der Waals surface area contributed by atoms with Crippen molar-refractivity contribution in [2.75, 3.05) is 12.8 Å². The van der Waals surface area contributed by atoms with Crippen LogP contribution in [0, 0.1) is 5.92 Å². The summed E-state index contributed by atoms with van der Waals surface area (Å²) >= 11 is 0. The Balaban J connectivity index is 1.97. The number of benzene rings is 1. The Kier molecular flexibility index (Phi) is 4.88. The van der Waals surface area contributed by atoms with Gasteiger partial charge in [-0.25, -0.2) is 4.79 Å². The van der Waals surface area contributed by atoms with Gasteiger partial charge in [0.15, 0.2) is 0 Å². The van der Waals surface area contributed by atoms with Crippen molar-refractivity contribution in [2.24, 2.45) is 5.92 Å². The van der Waals surface area contributed by atoms with Crippen molar-refractivity contribution in [3.05, 3.63) is 23.8 Å². The highest BCUT2D eigenvalue weighted by molar-refractivity contribution is 5.91. The van der Waals surface area contributed by atoms with Gasteiger partial charge in [-0.1, -0.05) is 13.3 Å². The molecule has 0 unspecified atom stereocenters. The number of ether oxygens (including phenoxy) is 2. The van der Waals surface area contributed by atoms with Gasteiger partial charge in [0.25, 0.3) is 0 Å². The first-order chi connectivity index (χ1) is 9.62. The normalized spacial score (nSPS) is 22.3. The minimum Gasteiger partial charge on any atom is -0.497 e. The second-order valence-electron chi connectivity index (χ2n) is 5.45. The van der Waals surface area contributed by atoms with E-state index in [0.29, 0.717) is 17.0 Å². The van der Waals surface area contributed by atoms with Crippen LogP contribution in [0.3, 0.4) is 0 Å². The lowest BCUT2D eigenvalue weighted by Crippen LogP contribution is -2.24. The van der Waals surface area contributed by atoms with Gasteiger partial charge in [-0.05, 0) is 43.7 Å². The molecular weight excluding hydrogens is 254 g/mol. The Morgan fingerprint density at radius 3 is 2.55 bits per heavy atom. The van der Waals surface area contributed by atoms with Crippen molar-refractivity contribution < 1.29 is 14.3 Å². The third-order valence-corrected chi connectivity index (χ3v) is 4.05. The first-order valence-electron chi connectivity index (χ1n) is 7.28. The molecule has 1 saturated carbocycles. The van der Waals surface area contributed by atoms with Crippen LogP contribution < -0.4 is 10.5 Å². The van der Waals surface area contributed by atoms with Crippen LogP contribution in [-0.4, -0.2) is 19.2 Å². The number of rotatable bonds is 4. The highest BCUT2D eigenvalue weighted by Crippen LogP contribution is 2.29. The van der Waals surface area contributed by atoms with E-state index >= 15 is 0 Å². The summed E-state index contributed by atoms with van der Waals surface area (Å²) in [4.78, 5) is 12.2. The molecule has 4 nitrogen and oxygen atoms in total. The summed E-state index contributed by atoms with van der Waals surface area (Å²) in [7, 11) is 1.55. The van der Waals surface area contributed by atoms with E-state index in [1.165, 1.54) is 6.42 Å². The topological polar surface area (TPSA) is 61.5 Å². The summed E-state index contributed by atoms with van der Waals surface area (Å²) in [5, 5.41) is 0. The van der Waals surface area contributed by atoms with Crippen LogP contribution >= 0.6 is 0 Å². The molecule has 0 aromatic heterocycles. The first kappa shape index (κ1) is 14.7.